The highest BCUT2D eigenvalue weighted by Crippen LogP contribution is 2.21. The van der Waals surface area contributed by atoms with E-state index in [1.165, 1.54) is 6.07 Å². The van der Waals surface area contributed by atoms with Crippen molar-refractivity contribution in [2.75, 3.05) is 31.1 Å². The van der Waals surface area contributed by atoms with Gasteiger partial charge < -0.3 is 9.80 Å². The maximum absolute atomic E-state index is 14.1. The van der Waals surface area contributed by atoms with Gasteiger partial charge in [0.15, 0.2) is 0 Å². The van der Waals surface area contributed by atoms with E-state index in [0.29, 0.717) is 35.7 Å². The molecule has 7 heteroatoms. The third kappa shape index (κ3) is 3.48. The first-order valence-corrected chi connectivity index (χ1v) is 8.33. The van der Waals surface area contributed by atoms with Gasteiger partial charge in [0.25, 0.3) is 5.91 Å². The summed E-state index contributed by atoms with van der Waals surface area (Å²) >= 11 is 8.95. The second-order valence-corrected chi connectivity index (χ2v) is 6.51. The number of piperazine rings is 1. The lowest BCUT2D eigenvalue weighted by Gasteiger charge is -2.35. The molecule has 0 N–H and O–H groups in total. The molecule has 4 nitrogen and oxygen atoms in total. The third-order valence-electron chi connectivity index (χ3n) is 3.78. The molecule has 0 aliphatic carbocycles. The topological polar surface area (TPSA) is 36.4 Å². The van der Waals surface area contributed by atoms with Crippen molar-refractivity contribution >= 4 is 39.3 Å². The number of carbonyl (C=O) groups is 1. The summed E-state index contributed by atoms with van der Waals surface area (Å²) < 4.78 is 14.4. The fourth-order valence-corrected chi connectivity index (χ4v) is 3.01. The molecule has 0 saturated carbocycles. The Morgan fingerprint density at radius 2 is 1.91 bits per heavy atom. The maximum atomic E-state index is 14.1. The molecule has 3 rings (SSSR count). The van der Waals surface area contributed by atoms with Crippen LogP contribution in [0.4, 0.5) is 10.2 Å². The minimum atomic E-state index is -0.515. The highest BCUT2D eigenvalue weighted by atomic mass is 79.9. The van der Waals surface area contributed by atoms with Crippen molar-refractivity contribution in [1.29, 1.82) is 0 Å². The number of benzene rings is 1. The van der Waals surface area contributed by atoms with Gasteiger partial charge in [0.2, 0.25) is 0 Å². The van der Waals surface area contributed by atoms with E-state index in [2.05, 4.69) is 25.8 Å². The SMILES string of the molecule is O=C(c1cccc(Br)c1F)N1CCN(c2ccc(Cl)cn2)CC1. The molecule has 1 fully saturated rings. The summed E-state index contributed by atoms with van der Waals surface area (Å²) in [6, 6.07) is 8.40. The number of anilines is 1. The molecule has 1 amide bonds. The first kappa shape index (κ1) is 16.2. The van der Waals surface area contributed by atoms with Crippen LogP contribution in [0.5, 0.6) is 0 Å². The Hall–Kier alpha value is -1.66. The lowest BCUT2D eigenvalue weighted by Crippen LogP contribution is -2.49. The second kappa shape index (κ2) is 6.84. The van der Waals surface area contributed by atoms with Gasteiger partial charge in [-0.05, 0) is 40.2 Å². The van der Waals surface area contributed by atoms with Crippen LogP contribution in [0.3, 0.4) is 0 Å². The van der Waals surface area contributed by atoms with Crippen molar-refractivity contribution in [3.8, 4) is 0 Å². The van der Waals surface area contributed by atoms with Crippen molar-refractivity contribution in [3.63, 3.8) is 0 Å². The molecule has 120 valence electrons. The quantitative estimate of drug-likeness (QED) is 0.775. The van der Waals surface area contributed by atoms with E-state index < -0.39 is 5.82 Å². The maximum Gasteiger partial charge on any atom is 0.256 e. The molecule has 1 saturated heterocycles. The minimum absolute atomic E-state index is 0.0949. The molecule has 23 heavy (non-hydrogen) atoms. The number of rotatable bonds is 2. The zero-order valence-corrected chi connectivity index (χ0v) is 14.5. The van der Waals surface area contributed by atoms with Gasteiger partial charge in [-0.2, -0.15) is 0 Å². The molecule has 2 aromatic rings. The van der Waals surface area contributed by atoms with E-state index in [-0.39, 0.29) is 11.5 Å². The van der Waals surface area contributed by atoms with Gasteiger partial charge in [0.1, 0.15) is 11.6 Å². The predicted octanol–water partition coefficient (Wildman–Crippen LogP) is 3.60. The summed E-state index contributed by atoms with van der Waals surface area (Å²) in [5.41, 5.74) is 0.0949. The summed E-state index contributed by atoms with van der Waals surface area (Å²) in [7, 11) is 0. The van der Waals surface area contributed by atoms with Crippen LogP contribution in [0.15, 0.2) is 41.0 Å². The molecule has 1 aromatic carbocycles. The number of nitrogens with zero attached hydrogens (tertiary/aromatic N) is 3. The van der Waals surface area contributed by atoms with Gasteiger partial charge in [-0.25, -0.2) is 9.37 Å². The monoisotopic (exact) mass is 397 g/mol. The number of pyridine rings is 1. The molecule has 1 aliphatic rings. The Morgan fingerprint density at radius 3 is 2.57 bits per heavy atom. The number of hydrogen-bond donors (Lipinski definition) is 0. The highest BCUT2D eigenvalue weighted by Gasteiger charge is 2.25. The van der Waals surface area contributed by atoms with Crippen molar-refractivity contribution in [2.24, 2.45) is 0 Å². The van der Waals surface area contributed by atoms with Crippen molar-refractivity contribution in [1.82, 2.24) is 9.88 Å². The van der Waals surface area contributed by atoms with Gasteiger partial charge >= 0.3 is 0 Å². The Morgan fingerprint density at radius 1 is 1.17 bits per heavy atom. The number of aromatic nitrogens is 1. The molecule has 0 unspecified atom stereocenters. The number of halogens is 3. The van der Waals surface area contributed by atoms with E-state index in [1.807, 2.05) is 6.07 Å². The molecular formula is C16H14BrClFN3O. The molecule has 0 atom stereocenters. The predicted molar refractivity (Wildman–Crippen MR) is 91.5 cm³/mol. The van der Waals surface area contributed by atoms with Gasteiger partial charge in [-0.3, -0.25) is 4.79 Å². The van der Waals surface area contributed by atoms with Crippen LogP contribution < -0.4 is 4.90 Å². The molecule has 0 spiro atoms. The Labute approximate surface area is 147 Å². The van der Waals surface area contributed by atoms with Crippen molar-refractivity contribution in [2.45, 2.75) is 0 Å². The van der Waals surface area contributed by atoms with Crippen LogP contribution in [-0.2, 0) is 0 Å². The van der Waals surface area contributed by atoms with E-state index in [1.54, 1.807) is 29.3 Å². The number of carbonyl (C=O) groups excluding carboxylic acids is 1. The summed E-state index contributed by atoms with van der Waals surface area (Å²) in [4.78, 5) is 20.5. The molecule has 2 heterocycles. The average Bonchev–Trinajstić information content (AvgIpc) is 2.58. The van der Waals surface area contributed by atoms with E-state index in [4.69, 9.17) is 11.6 Å². The van der Waals surface area contributed by atoms with Gasteiger partial charge in [-0.15, -0.1) is 0 Å². The minimum Gasteiger partial charge on any atom is -0.353 e. The van der Waals surface area contributed by atoms with Crippen LogP contribution in [0.2, 0.25) is 5.02 Å². The Balaban J connectivity index is 1.68. The Bertz CT molecular complexity index is 718. The smallest absolute Gasteiger partial charge is 0.256 e. The van der Waals surface area contributed by atoms with Crippen molar-refractivity contribution in [3.05, 3.63) is 57.4 Å². The fraction of sp³-hybridized carbons (Fsp3) is 0.250. The van der Waals surface area contributed by atoms with Crippen molar-refractivity contribution < 1.29 is 9.18 Å². The summed E-state index contributed by atoms with van der Waals surface area (Å²) in [5, 5.41) is 0.590. The zero-order valence-electron chi connectivity index (χ0n) is 12.2. The fourth-order valence-electron chi connectivity index (χ4n) is 2.53. The third-order valence-corrected chi connectivity index (χ3v) is 4.62. The van der Waals surface area contributed by atoms with Gasteiger partial charge in [0.05, 0.1) is 15.1 Å². The largest absolute Gasteiger partial charge is 0.353 e. The van der Waals surface area contributed by atoms with Crippen LogP contribution in [0.25, 0.3) is 0 Å². The number of amides is 1. The van der Waals surface area contributed by atoms with Crippen LogP contribution in [0, 0.1) is 5.82 Å². The number of hydrogen-bond acceptors (Lipinski definition) is 3. The second-order valence-electron chi connectivity index (χ2n) is 5.22. The molecule has 0 radical (unpaired) electrons. The summed E-state index contributed by atoms with van der Waals surface area (Å²) in [6.45, 7) is 2.34. The molecule has 0 bridgehead atoms. The average molecular weight is 399 g/mol. The lowest BCUT2D eigenvalue weighted by atomic mass is 10.1. The zero-order chi connectivity index (χ0) is 16.4. The van der Waals surface area contributed by atoms with Crippen LogP contribution in [-0.4, -0.2) is 42.0 Å². The first-order valence-electron chi connectivity index (χ1n) is 7.16. The molecule has 1 aliphatic heterocycles. The van der Waals surface area contributed by atoms with E-state index in [0.717, 1.165) is 5.82 Å². The van der Waals surface area contributed by atoms with Gasteiger partial charge in [0, 0.05) is 32.4 Å². The highest BCUT2D eigenvalue weighted by molar-refractivity contribution is 9.10. The lowest BCUT2D eigenvalue weighted by molar-refractivity contribution is 0.0741. The normalized spacial score (nSPS) is 14.9. The van der Waals surface area contributed by atoms with Crippen LogP contribution in [0.1, 0.15) is 10.4 Å². The van der Waals surface area contributed by atoms with Gasteiger partial charge in [-0.1, -0.05) is 17.7 Å². The first-order chi connectivity index (χ1) is 11.1. The Kier molecular flexibility index (Phi) is 4.82. The van der Waals surface area contributed by atoms with E-state index in [9.17, 15) is 9.18 Å². The van der Waals surface area contributed by atoms with E-state index >= 15 is 0 Å². The summed E-state index contributed by atoms with van der Waals surface area (Å²) in [6.07, 6.45) is 1.60. The molecular weight excluding hydrogens is 385 g/mol. The molecule has 1 aromatic heterocycles. The summed E-state index contributed by atoms with van der Waals surface area (Å²) in [5.74, 6) is 0.0296. The standard InChI is InChI=1S/C16H14BrClFN3O/c17-13-3-1-2-12(15(13)19)16(23)22-8-6-21(7-9-22)14-5-4-11(18)10-20-14/h1-5,10H,6-9H2. The van der Waals surface area contributed by atoms with Crippen LogP contribution >= 0.6 is 27.5 Å².